The molecule has 1 atom stereocenters. The van der Waals surface area contributed by atoms with E-state index >= 15 is 0 Å². The third-order valence-corrected chi connectivity index (χ3v) is 3.10. The maximum atomic E-state index is 10.8. The highest BCUT2D eigenvalue weighted by Gasteiger charge is 2.23. The molecule has 0 bridgehead atoms. The molecule has 0 spiro atoms. The van der Waals surface area contributed by atoms with Gasteiger partial charge in [0.15, 0.2) is 0 Å². The first-order valence-electron chi connectivity index (χ1n) is 5.75. The quantitative estimate of drug-likeness (QED) is 0.655. The van der Waals surface area contributed by atoms with E-state index in [0.717, 1.165) is 12.8 Å². The summed E-state index contributed by atoms with van der Waals surface area (Å²) in [6.07, 6.45) is 8.71. The molecule has 1 fully saturated rings. The van der Waals surface area contributed by atoms with Crippen molar-refractivity contribution in [3.05, 3.63) is 0 Å². The van der Waals surface area contributed by atoms with Gasteiger partial charge in [-0.1, -0.05) is 19.3 Å². The van der Waals surface area contributed by atoms with Gasteiger partial charge in [0.1, 0.15) is 0 Å². The molecule has 1 saturated carbocycles. The summed E-state index contributed by atoms with van der Waals surface area (Å²) in [5, 5.41) is 0. The van der Waals surface area contributed by atoms with Gasteiger partial charge >= 0.3 is 5.97 Å². The van der Waals surface area contributed by atoms with Crippen molar-refractivity contribution < 1.29 is 14.3 Å². The highest BCUT2D eigenvalue weighted by molar-refractivity contribution is 5.65. The van der Waals surface area contributed by atoms with Crippen LogP contribution in [-0.2, 0) is 14.3 Å². The lowest BCUT2D eigenvalue weighted by molar-refractivity contribution is -0.141. The summed E-state index contributed by atoms with van der Waals surface area (Å²) < 4.78 is 4.85. The normalized spacial score (nSPS) is 19.5. The van der Waals surface area contributed by atoms with E-state index in [1.54, 1.807) is 0 Å². The van der Waals surface area contributed by atoms with Crippen LogP contribution in [0, 0.1) is 11.8 Å². The Morgan fingerprint density at radius 3 is 2.60 bits per heavy atom. The first kappa shape index (κ1) is 12.2. The van der Waals surface area contributed by atoms with E-state index in [4.69, 9.17) is 4.74 Å². The zero-order valence-corrected chi connectivity index (χ0v) is 9.33. The molecule has 3 nitrogen and oxygen atoms in total. The minimum Gasteiger partial charge on any atom is -0.466 e. The van der Waals surface area contributed by atoms with E-state index in [1.165, 1.54) is 26.2 Å². The zero-order valence-electron chi connectivity index (χ0n) is 9.33. The summed E-state index contributed by atoms with van der Waals surface area (Å²) in [4.78, 5) is 21.4. The SMILES string of the molecule is CC(=O)OCCC([C]=O)C1CCCCC1. The molecule has 0 heterocycles. The van der Waals surface area contributed by atoms with Crippen molar-refractivity contribution in [3.8, 4) is 0 Å². The van der Waals surface area contributed by atoms with Crippen LogP contribution in [0.15, 0.2) is 0 Å². The Bertz CT molecular complexity index is 207. The second-order valence-corrected chi connectivity index (χ2v) is 4.25. The molecule has 1 radical (unpaired) electrons. The van der Waals surface area contributed by atoms with Crippen molar-refractivity contribution in [1.29, 1.82) is 0 Å². The number of hydrogen-bond acceptors (Lipinski definition) is 3. The summed E-state index contributed by atoms with van der Waals surface area (Å²) in [5.74, 6) is 0.153. The number of esters is 1. The van der Waals surface area contributed by atoms with Gasteiger partial charge in [0.25, 0.3) is 0 Å². The number of hydrogen-bond donors (Lipinski definition) is 0. The van der Waals surface area contributed by atoms with Crippen molar-refractivity contribution in [2.24, 2.45) is 11.8 Å². The highest BCUT2D eigenvalue weighted by Crippen LogP contribution is 2.30. The third kappa shape index (κ3) is 4.45. The van der Waals surface area contributed by atoms with Crippen LogP contribution in [0.25, 0.3) is 0 Å². The van der Waals surface area contributed by atoms with Gasteiger partial charge in [0.2, 0.25) is 6.29 Å². The molecule has 15 heavy (non-hydrogen) atoms. The van der Waals surface area contributed by atoms with Gasteiger partial charge in [-0.3, -0.25) is 9.59 Å². The predicted octanol–water partition coefficient (Wildman–Crippen LogP) is 2.25. The Kier molecular flexibility index (Phi) is 5.37. The van der Waals surface area contributed by atoms with Crippen LogP contribution in [0.2, 0.25) is 0 Å². The van der Waals surface area contributed by atoms with E-state index in [2.05, 4.69) is 6.29 Å². The standard InChI is InChI=1S/C12H19O3/c1-10(14)15-8-7-12(9-13)11-5-3-2-4-6-11/h11-12H,2-8H2,1H3. The van der Waals surface area contributed by atoms with Gasteiger partial charge in [0, 0.05) is 12.8 Å². The van der Waals surface area contributed by atoms with Crippen LogP contribution < -0.4 is 0 Å². The van der Waals surface area contributed by atoms with Crippen molar-refractivity contribution >= 4 is 12.3 Å². The summed E-state index contributed by atoms with van der Waals surface area (Å²) in [7, 11) is 0. The Morgan fingerprint density at radius 1 is 1.40 bits per heavy atom. The third-order valence-electron chi connectivity index (χ3n) is 3.10. The van der Waals surface area contributed by atoms with Crippen LogP contribution >= 0.6 is 0 Å². The second-order valence-electron chi connectivity index (χ2n) is 4.25. The molecule has 0 N–H and O–H groups in total. The number of ether oxygens (including phenoxy) is 1. The van der Waals surface area contributed by atoms with Crippen LogP contribution in [0.1, 0.15) is 45.4 Å². The molecular formula is C12H19O3. The first-order chi connectivity index (χ1) is 7.24. The second kappa shape index (κ2) is 6.59. The van der Waals surface area contributed by atoms with Gasteiger partial charge < -0.3 is 4.74 Å². The molecule has 1 unspecified atom stereocenters. The molecular weight excluding hydrogens is 192 g/mol. The Hall–Kier alpha value is -0.860. The zero-order chi connectivity index (χ0) is 11.1. The molecule has 3 heteroatoms. The highest BCUT2D eigenvalue weighted by atomic mass is 16.5. The number of rotatable bonds is 5. The van der Waals surface area contributed by atoms with Crippen LogP contribution in [-0.4, -0.2) is 18.9 Å². The minimum absolute atomic E-state index is 0.0374. The largest absolute Gasteiger partial charge is 0.466 e. The minimum atomic E-state index is -0.275. The smallest absolute Gasteiger partial charge is 0.302 e. The lowest BCUT2D eigenvalue weighted by atomic mass is 9.79. The lowest BCUT2D eigenvalue weighted by Crippen LogP contribution is -2.21. The average molecular weight is 211 g/mol. The molecule has 1 aliphatic carbocycles. The van der Waals surface area contributed by atoms with E-state index in [1.807, 2.05) is 0 Å². The Morgan fingerprint density at radius 2 is 2.07 bits per heavy atom. The fraction of sp³-hybridized carbons (Fsp3) is 0.833. The monoisotopic (exact) mass is 211 g/mol. The summed E-state index contributed by atoms with van der Waals surface area (Å²) in [6, 6.07) is 0. The van der Waals surface area contributed by atoms with Gasteiger partial charge in [-0.25, -0.2) is 0 Å². The Labute approximate surface area is 91.2 Å². The van der Waals surface area contributed by atoms with E-state index in [9.17, 15) is 9.59 Å². The maximum Gasteiger partial charge on any atom is 0.302 e. The van der Waals surface area contributed by atoms with Crippen molar-refractivity contribution in [3.63, 3.8) is 0 Å². The summed E-state index contributed by atoms with van der Waals surface area (Å²) >= 11 is 0. The average Bonchev–Trinajstić information content (AvgIpc) is 2.25. The topological polar surface area (TPSA) is 43.4 Å². The maximum absolute atomic E-state index is 10.8. The van der Waals surface area contributed by atoms with Gasteiger partial charge in [-0.15, -0.1) is 0 Å². The van der Waals surface area contributed by atoms with Gasteiger partial charge in [-0.05, 0) is 25.2 Å². The van der Waals surface area contributed by atoms with E-state index in [-0.39, 0.29) is 11.9 Å². The van der Waals surface area contributed by atoms with Crippen LogP contribution in [0.5, 0.6) is 0 Å². The molecule has 1 aliphatic rings. The van der Waals surface area contributed by atoms with E-state index < -0.39 is 0 Å². The molecule has 0 aromatic rings. The molecule has 85 valence electrons. The predicted molar refractivity (Wildman–Crippen MR) is 57.0 cm³/mol. The first-order valence-corrected chi connectivity index (χ1v) is 5.75. The van der Waals surface area contributed by atoms with Crippen LogP contribution in [0.3, 0.4) is 0 Å². The fourth-order valence-corrected chi connectivity index (χ4v) is 2.26. The summed E-state index contributed by atoms with van der Waals surface area (Å²) in [6.45, 7) is 1.74. The fourth-order valence-electron chi connectivity index (χ4n) is 2.26. The van der Waals surface area contributed by atoms with Crippen molar-refractivity contribution in [2.75, 3.05) is 6.61 Å². The molecule has 0 saturated heterocycles. The summed E-state index contributed by atoms with van der Waals surface area (Å²) in [5.41, 5.74) is 0. The number of carbonyl (C=O) groups is 1. The van der Waals surface area contributed by atoms with Gasteiger partial charge in [-0.2, -0.15) is 0 Å². The Balaban J connectivity index is 2.27. The van der Waals surface area contributed by atoms with E-state index in [0.29, 0.717) is 18.9 Å². The van der Waals surface area contributed by atoms with Crippen LogP contribution in [0.4, 0.5) is 0 Å². The molecule has 0 aromatic heterocycles. The molecule has 0 aromatic carbocycles. The molecule has 0 aliphatic heterocycles. The van der Waals surface area contributed by atoms with Crippen molar-refractivity contribution in [1.82, 2.24) is 0 Å². The molecule has 0 amide bonds. The van der Waals surface area contributed by atoms with Gasteiger partial charge in [0.05, 0.1) is 6.61 Å². The number of carbonyl (C=O) groups excluding carboxylic acids is 2. The van der Waals surface area contributed by atoms with Crippen molar-refractivity contribution in [2.45, 2.75) is 45.4 Å². The molecule has 1 rings (SSSR count). The lowest BCUT2D eigenvalue weighted by Gasteiger charge is -2.25.